The van der Waals surface area contributed by atoms with Crippen molar-refractivity contribution in [3.8, 4) is 11.6 Å². The van der Waals surface area contributed by atoms with Crippen LogP contribution in [-0.2, 0) is 29.0 Å². The van der Waals surface area contributed by atoms with Crippen LogP contribution in [0.3, 0.4) is 0 Å². The number of allylic oxidation sites excluding steroid dienone is 1. The summed E-state index contributed by atoms with van der Waals surface area (Å²) in [5, 5.41) is 15.0. The molecule has 5 unspecified atom stereocenters. The number of aromatic nitrogens is 1. The summed E-state index contributed by atoms with van der Waals surface area (Å²) in [7, 11) is -2.35. The number of sulfone groups is 1. The summed E-state index contributed by atoms with van der Waals surface area (Å²) in [5.74, 6) is -3.07. The Balaban J connectivity index is 1.41. The summed E-state index contributed by atoms with van der Waals surface area (Å²) in [6, 6.07) is 5.43. The second kappa shape index (κ2) is 12.3. The standard InChI is InChI=1S/C31H37N5O10S/c1-44-20-6-9-23-18(13-20)10-11-33-25(23)46-21-15-30(27(32)38)28(39)35-31(47(42,43)22-7-8-22)14-19(31)5-3-2-4-12-45-17-24(34-29(40)41)26(37)36(30)16-21/h3,5-6,9-11,13,19,21-22,24,34H,2,4,7-8,12,14-17H2,1H3,(H2,32,38)(H,35,39)(H,40,41)/b5-3-. The Labute approximate surface area is 270 Å². The first-order valence-corrected chi connectivity index (χ1v) is 17.0. The Morgan fingerprint density at radius 2 is 2.00 bits per heavy atom. The highest BCUT2D eigenvalue weighted by Crippen LogP contribution is 2.54. The summed E-state index contributed by atoms with van der Waals surface area (Å²) in [5.41, 5.74) is 3.52. The fourth-order valence-electron chi connectivity index (χ4n) is 6.57. The van der Waals surface area contributed by atoms with Crippen molar-refractivity contribution in [3.05, 3.63) is 42.6 Å². The monoisotopic (exact) mass is 671 g/mol. The molecule has 1 aromatic heterocycles. The van der Waals surface area contributed by atoms with Crippen LogP contribution < -0.4 is 25.8 Å². The molecule has 5 atom stereocenters. The summed E-state index contributed by atoms with van der Waals surface area (Å²) in [6.07, 6.45) is 4.11. The van der Waals surface area contributed by atoms with Gasteiger partial charge in [-0.3, -0.25) is 14.4 Å². The minimum Gasteiger partial charge on any atom is -0.497 e. The predicted octanol–water partition coefficient (Wildman–Crippen LogP) is 0.860. The number of benzene rings is 1. The minimum absolute atomic E-state index is 0.0971. The number of nitrogens with zero attached hydrogens (tertiary/aromatic N) is 2. The Kier molecular flexibility index (Phi) is 8.50. The summed E-state index contributed by atoms with van der Waals surface area (Å²) >= 11 is 0. The van der Waals surface area contributed by atoms with Crippen molar-refractivity contribution in [1.29, 1.82) is 0 Å². The van der Waals surface area contributed by atoms with Gasteiger partial charge in [0.25, 0.3) is 11.8 Å². The third-order valence-corrected chi connectivity index (χ3v) is 12.2. The van der Waals surface area contributed by atoms with Crippen LogP contribution in [0, 0.1) is 5.92 Å². The highest BCUT2D eigenvalue weighted by Gasteiger charge is 2.69. The van der Waals surface area contributed by atoms with Gasteiger partial charge in [-0.2, -0.15) is 0 Å². The number of amides is 4. The SMILES string of the molecule is COc1ccc2c(OC3CN4C(=O)C(NC(=O)O)COCCC/C=C\C5CC5(S(=O)(=O)C5CC5)NC(=O)C4(C(N)=O)C3)nccc2c1. The summed E-state index contributed by atoms with van der Waals surface area (Å²) in [4.78, 5) is 57.3. The Morgan fingerprint density at radius 1 is 1.21 bits per heavy atom. The van der Waals surface area contributed by atoms with Crippen LogP contribution in [0.4, 0.5) is 4.79 Å². The van der Waals surface area contributed by atoms with Gasteiger partial charge in [-0.05, 0) is 61.8 Å². The molecule has 2 aliphatic carbocycles. The third-order valence-electron chi connectivity index (χ3n) is 9.30. The number of methoxy groups -OCH3 is 1. The molecule has 16 heteroatoms. The molecule has 0 spiro atoms. The fraction of sp³-hybridized carbons (Fsp3) is 0.516. The van der Waals surface area contributed by atoms with Gasteiger partial charge in [-0.15, -0.1) is 0 Å². The molecule has 6 rings (SSSR count). The van der Waals surface area contributed by atoms with Gasteiger partial charge in [-0.25, -0.2) is 18.2 Å². The molecule has 5 N–H and O–H groups in total. The molecular formula is C31H37N5O10S. The lowest BCUT2D eigenvalue weighted by atomic mass is 9.92. The van der Waals surface area contributed by atoms with E-state index in [-0.39, 0.29) is 32.1 Å². The fourth-order valence-corrected chi connectivity index (χ4v) is 9.07. The number of fused-ring (bicyclic) bond motifs is 3. The first-order valence-electron chi connectivity index (χ1n) is 15.4. The number of ether oxygens (including phenoxy) is 3. The van der Waals surface area contributed by atoms with Crippen LogP contribution in [0.2, 0.25) is 0 Å². The average Bonchev–Trinajstić information content (AvgIpc) is 3.96. The molecule has 15 nitrogen and oxygen atoms in total. The summed E-state index contributed by atoms with van der Waals surface area (Å²) < 4.78 is 44.7. The lowest BCUT2D eigenvalue weighted by Gasteiger charge is -2.37. The number of carbonyl (C=O) groups is 4. The van der Waals surface area contributed by atoms with Crippen molar-refractivity contribution in [1.82, 2.24) is 20.5 Å². The maximum Gasteiger partial charge on any atom is 0.405 e. The topological polar surface area (TPSA) is 217 Å². The normalized spacial score (nSPS) is 30.6. The van der Waals surface area contributed by atoms with Gasteiger partial charge in [0.2, 0.25) is 17.3 Å². The van der Waals surface area contributed by atoms with E-state index in [1.165, 1.54) is 13.3 Å². The number of rotatable bonds is 7. The molecule has 4 aliphatic rings. The van der Waals surface area contributed by atoms with Crippen molar-refractivity contribution in [3.63, 3.8) is 0 Å². The Bertz CT molecular complexity index is 1750. The van der Waals surface area contributed by atoms with E-state index in [0.29, 0.717) is 36.8 Å². The number of carboxylic acid groups (broad SMARTS) is 1. The predicted molar refractivity (Wildman–Crippen MR) is 166 cm³/mol. The Morgan fingerprint density at radius 3 is 2.70 bits per heavy atom. The van der Waals surface area contributed by atoms with Crippen molar-refractivity contribution in [2.24, 2.45) is 11.7 Å². The van der Waals surface area contributed by atoms with Crippen LogP contribution >= 0.6 is 0 Å². The molecule has 2 aromatic rings. The van der Waals surface area contributed by atoms with Crippen LogP contribution in [0.25, 0.3) is 10.8 Å². The number of carbonyl (C=O) groups excluding carboxylic acids is 3. The van der Waals surface area contributed by atoms with Crippen molar-refractivity contribution >= 4 is 44.4 Å². The van der Waals surface area contributed by atoms with E-state index in [1.807, 2.05) is 6.08 Å². The zero-order valence-corrected chi connectivity index (χ0v) is 26.5. The highest BCUT2D eigenvalue weighted by molar-refractivity contribution is 7.94. The van der Waals surface area contributed by atoms with Crippen LogP contribution in [0.15, 0.2) is 42.6 Å². The molecule has 2 saturated carbocycles. The van der Waals surface area contributed by atoms with Crippen LogP contribution in [0.5, 0.6) is 11.6 Å². The van der Waals surface area contributed by atoms with E-state index >= 15 is 0 Å². The minimum atomic E-state index is -3.88. The van der Waals surface area contributed by atoms with Gasteiger partial charge >= 0.3 is 6.09 Å². The maximum atomic E-state index is 14.4. The molecule has 4 amide bonds. The lowest BCUT2D eigenvalue weighted by molar-refractivity contribution is -0.154. The first-order chi connectivity index (χ1) is 22.4. The maximum absolute atomic E-state index is 14.4. The van der Waals surface area contributed by atoms with Crippen molar-refractivity contribution in [2.45, 2.75) is 66.3 Å². The van der Waals surface area contributed by atoms with E-state index in [1.54, 1.807) is 30.3 Å². The van der Waals surface area contributed by atoms with Gasteiger partial charge in [0.15, 0.2) is 9.84 Å². The molecule has 0 radical (unpaired) electrons. The van der Waals surface area contributed by atoms with E-state index in [2.05, 4.69) is 15.6 Å². The smallest absolute Gasteiger partial charge is 0.405 e. The number of nitrogens with two attached hydrogens (primary N) is 1. The first kappa shape index (κ1) is 32.5. The molecule has 3 heterocycles. The second-order valence-electron chi connectivity index (χ2n) is 12.4. The Hall–Kier alpha value is -4.44. The largest absolute Gasteiger partial charge is 0.497 e. The van der Waals surface area contributed by atoms with Crippen LogP contribution in [0.1, 0.15) is 38.5 Å². The van der Waals surface area contributed by atoms with E-state index < -0.39 is 73.8 Å². The average molecular weight is 672 g/mol. The second-order valence-corrected chi connectivity index (χ2v) is 14.9. The molecule has 1 saturated heterocycles. The quantitative estimate of drug-likeness (QED) is 0.239. The van der Waals surface area contributed by atoms with E-state index in [9.17, 15) is 32.7 Å². The molecule has 1 aromatic carbocycles. The molecule has 2 aliphatic heterocycles. The van der Waals surface area contributed by atoms with Gasteiger partial charge in [-0.1, -0.05) is 12.2 Å². The zero-order chi connectivity index (χ0) is 33.6. The third kappa shape index (κ3) is 5.84. The number of hydrogen-bond acceptors (Lipinski definition) is 10. The summed E-state index contributed by atoms with van der Waals surface area (Å²) in [6.45, 7) is -0.581. The van der Waals surface area contributed by atoms with E-state index in [4.69, 9.17) is 19.9 Å². The number of hydrogen-bond donors (Lipinski definition) is 4. The lowest BCUT2D eigenvalue weighted by Crippen LogP contribution is -2.68. The highest BCUT2D eigenvalue weighted by atomic mass is 32.2. The van der Waals surface area contributed by atoms with Crippen LogP contribution in [-0.4, -0.2) is 102 Å². The number of pyridine rings is 1. The molecular weight excluding hydrogens is 634 g/mol. The van der Waals surface area contributed by atoms with Gasteiger partial charge in [0, 0.05) is 30.5 Å². The molecule has 3 fully saturated rings. The van der Waals surface area contributed by atoms with E-state index in [0.717, 1.165) is 10.3 Å². The van der Waals surface area contributed by atoms with Gasteiger partial charge in [0.1, 0.15) is 22.8 Å². The van der Waals surface area contributed by atoms with Crippen molar-refractivity contribution in [2.75, 3.05) is 26.9 Å². The van der Waals surface area contributed by atoms with Crippen molar-refractivity contribution < 1.29 is 46.9 Å². The molecule has 252 valence electrons. The molecule has 47 heavy (non-hydrogen) atoms. The molecule has 0 bridgehead atoms. The zero-order valence-electron chi connectivity index (χ0n) is 25.7. The van der Waals surface area contributed by atoms with Gasteiger partial charge < -0.3 is 40.6 Å². The number of nitrogens with one attached hydrogen (secondary N) is 2. The van der Waals surface area contributed by atoms with Gasteiger partial charge in [0.05, 0.1) is 25.5 Å². The number of primary amides is 1.